The number of nitrogens with zero attached hydrogens (tertiary/aromatic N) is 1. The molecule has 0 fully saturated rings. The third-order valence-corrected chi connectivity index (χ3v) is 1.57. The first-order chi connectivity index (χ1) is 6.88. The molecule has 0 saturated heterocycles. The Morgan fingerprint density at radius 1 is 1.27 bits per heavy atom. The molecule has 4 nitrogen and oxygen atoms in total. The number of hydrogen-bond donors (Lipinski definition) is 2. The van der Waals surface area contributed by atoms with E-state index in [1.807, 2.05) is 0 Å². The highest BCUT2D eigenvalue weighted by Gasteiger charge is 2.26. The number of aromatic nitrogens is 1. The van der Waals surface area contributed by atoms with E-state index in [0.717, 1.165) is 0 Å². The van der Waals surface area contributed by atoms with Gasteiger partial charge >= 0.3 is 6.18 Å². The second kappa shape index (κ2) is 4.24. The highest BCUT2D eigenvalue weighted by Crippen LogP contribution is 2.21. The van der Waals surface area contributed by atoms with E-state index < -0.39 is 19.2 Å². The molecule has 1 aromatic rings. The van der Waals surface area contributed by atoms with Crippen molar-refractivity contribution in [2.75, 3.05) is 18.1 Å². The molecule has 15 heavy (non-hydrogen) atoms. The predicted molar refractivity (Wildman–Crippen MR) is 49.2 cm³/mol. The number of nitrogen functional groups attached to an aromatic ring is 2. The molecule has 0 spiro atoms. The van der Waals surface area contributed by atoms with Crippen LogP contribution in [0.15, 0.2) is 12.1 Å². The largest absolute Gasteiger partial charge is 0.477 e. The van der Waals surface area contributed by atoms with Crippen molar-refractivity contribution in [3.63, 3.8) is 0 Å². The maximum Gasteiger partial charge on any atom is 0.392 e. The summed E-state index contributed by atoms with van der Waals surface area (Å²) in [6.45, 7) is -0.486. The van der Waals surface area contributed by atoms with Crippen molar-refractivity contribution in [1.29, 1.82) is 0 Å². The van der Waals surface area contributed by atoms with Crippen molar-refractivity contribution >= 4 is 11.5 Å². The molecule has 0 aromatic carbocycles. The molecule has 0 atom stereocenters. The van der Waals surface area contributed by atoms with Crippen LogP contribution in [0.3, 0.4) is 0 Å². The standard InChI is InChI=1S/C8H10F3N3O/c9-8(10,11)3-4-15-6-2-1-5(12)7(13)14-6/h1-2H,3-4,12H2,(H2,13,14). The van der Waals surface area contributed by atoms with Crippen LogP contribution in [0.4, 0.5) is 24.7 Å². The molecule has 0 radical (unpaired) electrons. The van der Waals surface area contributed by atoms with Gasteiger partial charge in [0.15, 0.2) is 5.82 Å². The Bertz CT molecular complexity index is 340. The molecule has 4 N–H and O–H groups in total. The zero-order valence-corrected chi connectivity index (χ0v) is 7.71. The lowest BCUT2D eigenvalue weighted by atomic mass is 10.4. The SMILES string of the molecule is Nc1ccc(OCCC(F)(F)F)nc1N. The molecular formula is C8H10F3N3O. The molecule has 0 aliphatic carbocycles. The average molecular weight is 221 g/mol. The van der Waals surface area contributed by atoms with Gasteiger partial charge in [-0.25, -0.2) is 0 Å². The van der Waals surface area contributed by atoms with Crippen LogP contribution in [0.2, 0.25) is 0 Å². The summed E-state index contributed by atoms with van der Waals surface area (Å²) in [5.41, 5.74) is 11.0. The zero-order chi connectivity index (χ0) is 11.5. The minimum absolute atomic E-state index is 0.0333. The molecule has 1 aromatic heterocycles. The summed E-state index contributed by atoms with van der Waals surface area (Å²) in [7, 11) is 0. The summed E-state index contributed by atoms with van der Waals surface area (Å²) >= 11 is 0. The quantitative estimate of drug-likeness (QED) is 0.812. The summed E-state index contributed by atoms with van der Waals surface area (Å²) in [6, 6.07) is 2.79. The van der Waals surface area contributed by atoms with Crippen molar-refractivity contribution in [2.24, 2.45) is 0 Å². The summed E-state index contributed by atoms with van der Waals surface area (Å²) in [6.07, 6.45) is -5.27. The van der Waals surface area contributed by atoms with Crippen molar-refractivity contribution in [3.05, 3.63) is 12.1 Å². The zero-order valence-electron chi connectivity index (χ0n) is 7.71. The number of alkyl halides is 3. The molecule has 0 bridgehead atoms. The Kier molecular flexibility index (Phi) is 3.23. The lowest BCUT2D eigenvalue weighted by molar-refractivity contribution is -0.139. The predicted octanol–water partition coefficient (Wildman–Crippen LogP) is 1.58. The van der Waals surface area contributed by atoms with Gasteiger partial charge in [-0.1, -0.05) is 0 Å². The Morgan fingerprint density at radius 3 is 2.47 bits per heavy atom. The van der Waals surface area contributed by atoms with Gasteiger partial charge < -0.3 is 16.2 Å². The van der Waals surface area contributed by atoms with Gasteiger partial charge in [-0.05, 0) is 6.07 Å². The van der Waals surface area contributed by atoms with Gasteiger partial charge in [0.05, 0.1) is 18.7 Å². The maximum atomic E-state index is 11.8. The molecule has 0 amide bonds. The molecule has 1 rings (SSSR count). The normalized spacial score (nSPS) is 11.4. The summed E-state index contributed by atoms with van der Waals surface area (Å²) < 4.78 is 40.0. The van der Waals surface area contributed by atoms with E-state index in [1.54, 1.807) is 0 Å². The Balaban J connectivity index is 2.48. The van der Waals surface area contributed by atoms with Crippen LogP contribution in [0.5, 0.6) is 5.88 Å². The third-order valence-electron chi connectivity index (χ3n) is 1.57. The van der Waals surface area contributed by atoms with Crippen LogP contribution in [0.25, 0.3) is 0 Å². The summed E-state index contributed by atoms with van der Waals surface area (Å²) in [4.78, 5) is 3.66. The number of ether oxygens (including phenoxy) is 1. The van der Waals surface area contributed by atoms with E-state index in [-0.39, 0.29) is 17.4 Å². The minimum Gasteiger partial charge on any atom is -0.477 e. The molecule has 0 aliphatic heterocycles. The monoisotopic (exact) mass is 221 g/mol. The fourth-order valence-electron chi connectivity index (χ4n) is 0.819. The molecule has 7 heteroatoms. The topological polar surface area (TPSA) is 74.2 Å². The number of halogens is 3. The lowest BCUT2D eigenvalue weighted by Gasteiger charge is -2.08. The van der Waals surface area contributed by atoms with E-state index >= 15 is 0 Å². The highest BCUT2D eigenvalue weighted by molar-refractivity contribution is 5.58. The van der Waals surface area contributed by atoms with E-state index in [9.17, 15) is 13.2 Å². The van der Waals surface area contributed by atoms with Gasteiger partial charge in [0.25, 0.3) is 0 Å². The number of anilines is 2. The fraction of sp³-hybridized carbons (Fsp3) is 0.375. The first-order valence-corrected chi connectivity index (χ1v) is 4.10. The fourth-order valence-corrected chi connectivity index (χ4v) is 0.819. The van der Waals surface area contributed by atoms with Crippen LogP contribution in [0.1, 0.15) is 6.42 Å². The van der Waals surface area contributed by atoms with Crippen LogP contribution < -0.4 is 16.2 Å². The molecule has 0 aliphatic rings. The first kappa shape index (κ1) is 11.4. The van der Waals surface area contributed by atoms with E-state index in [1.165, 1.54) is 12.1 Å². The number of nitrogens with two attached hydrogens (primary N) is 2. The number of rotatable bonds is 3. The van der Waals surface area contributed by atoms with Crippen LogP contribution in [-0.4, -0.2) is 17.8 Å². The first-order valence-electron chi connectivity index (χ1n) is 4.10. The van der Waals surface area contributed by atoms with Crippen LogP contribution >= 0.6 is 0 Å². The Labute approximate surface area is 84.0 Å². The van der Waals surface area contributed by atoms with Gasteiger partial charge in [-0.15, -0.1) is 0 Å². The van der Waals surface area contributed by atoms with Crippen molar-refractivity contribution in [3.8, 4) is 5.88 Å². The van der Waals surface area contributed by atoms with Gasteiger partial charge in [0.2, 0.25) is 5.88 Å². The number of pyridine rings is 1. The van der Waals surface area contributed by atoms with Crippen LogP contribution in [0, 0.1) is 0 Å². The van der Waals surface area contributed by atoms with Gasteiger partial charge in [0.1, 0.15) is 0 Å². The second-order valence-corrected chi connectivity index (χ2v) is 2.84. The molecule has 0 saturated carbocycles. The third kappa shape index (κ3) is 3.92. The molecule has 84 valence electrons. The number of hydrogen-bond acceptors (Lipinski definition) is 4. The molecule has 1 heterocycles. The Hall–Kier alpha value is -1.66. The Morgan fingerprint density at radius 2 is 1.93 bits per heavy atom. The maximum absolute atomic E-state index is 11.8. The van der Waals surface area contributed by atoms with Gasteiger partial charge in [-0.3, -0.25) is 0 Å². The highest BCUT2D eigenvalue weighted by atomic mass is 19.4. The lowest BCUT2D eigenvalue weighted by Crippen LogP contribution is -2.13. The molecular weight excluding hydrogens is 211 g/mol. The van der Waals surface area contributed by atoms with Crippen molar-refractivity contribution in [1.82, 2.24) is 4.98 Å². The van der Waals surface area contributed by atoms with E-state index in [2.05, 4.69) is 4.98 Å². The summed E-state index contributed by atoms with van der Waals surface area (Å²) in [5.74, 6) is 0.0745. The smallest absolute Gasteiger partial charge is 0.392 e. The molecule has 0 unspecified atom stereocenters. The minimum atomic E-state index is -4.24. The van der Waals surface area contributed by atoms with Gasteiger partial charge in [0, 0.05) is 6.07 Å². The van der Waals surface area contributed by atoms with Crippen molar-refractivity contribution < 1.29 is 17.9 Å². The van der Waals surface area contributed by atoms with E-state index in [0.29, 0.717) is 0 Å². The second-order valence-electron chi connectivity index (χ2n) is 2.84. The average Bonchev–Trinajstić information content (AvgIpc) is 2.09. The van der Waals surface area contributed by atoms with Crippen LogP contribution in [-0.2, 0) is 0 Å². The van der Waals surface area contributed by atoms with E-state index in [4.69, 9.17) is 16.2 Å². The summed E-state index contributed by atoms with van der Waals surface area (Å²) in [5, 5.41) is 0. The van der Waals surface area contributed by atoms with Gasteiger partial charge in [-0.2, -0.15) is 18.2 Å². The van der Waals surface area contributed by atoms with Crippen molar-refractivity contribution in [2.45, 2.75) is 12.6 Å².